The maximum atomic E-state index is 12.1. The van der Waals surface area contributed by atoms with Crippen molar-refractivity contribution in [3.05, 3.63) is 0 Å². The predicted molar refractivity (Wildman–Crippen MR) is 35.0 cm³/mol. The summed E-state index contributed by atoms with van der Waals surface area (Å²) in [6.45, 7) is 1.95. The number of unbranched alkanes of at least 4 members (excludes halogenated alkanes) is 2. The molecule has 1 atom stereocenters. The molecule has 0 fully saturated rings. The standard InChI is InChI=1S/C7H13F3/c1-2-3-4-5-6(8)7(9)10/h6-7H,2-5H2,1H3/t6-/m0/s1. The van der Waals surface area contributed by atoms with E-state index in [0.29, 0.717) is 6.42 Å². The lowest BCUT2D eigenvalue weighted by molar-refractivity contribution is 0.0441. The molecule has 0 aliphatic rings. The minimum absolute atomic E-state index is 0.00546. The van der Waals surface area contributed by atoms with Crippen molar-refractivity contribution in [3.8, 4) is 0 Å². The van der Waals surface area contributed by atoms with Crippen LogP contribution in [0.15, 0.2) is 0 Å². The van der Waals surface area contributed by atoms with Gasteiger partial charge >= 0.3 is 0 Å². The van der Waals surface area contributed by atoms with Gasteiger partial charge in [-0.15, -0.1) is 0 Å². The number of hydrogen-bond donors (Lipinski definition) is 0. The molecule has 0 saturated heterocycles. The van der Waals surface area contributed by atoms with Crippen LogP contribution in [0.2, 0.25) is 0 Å². The summed E-state index contributed by atoms with van der Waals surface area (Å²) in [7, 11) is 0. The third kappa shape index (κ3) is 4.65. The van der Waals surface area contributed by atoms with E-state index in [1.54, 1.807) is 0 Å². The van der Waals surface area contributed by atoms with Crippen molar-refractivity contribution >= 4 is 0 Å². The second-order valence-electron chi connectivity index (χ2n) is 2.35. The first-order valence-corrected chi connectivity index (χ1v) is 3.60. The molecular formula is C7H13F3. The molecule has 0 aromatic rings. The highest BCUT2D eigenvalue weighted by Crippen LogP contribution is 2.13. The third-order valence-corrected chi connectivity index (χ3v) is 1.36. The van der Waals surface area contributed by atoms with Gasteiger partial charge in [-0.1, -0.05) is 26.2 Å². The molecule has 0 aliphatic heterocycles. The predicted octanol–water partition coefficient (Wildman–Crippen LogP) is 3.17. The highest BCUT2D eigenvalue weighted by atomic mass is 19.3. The lowest BCUT2D eigenvalue weighted by Gasteiger charge is -2.04. The van der Waals surface area contributed by atoms with Crippen LogP contribution in [0, 0.1) is 0 Å². The molecule has 0 aromatic heterocycles. The Labute approximate surface area is 59.4 Å². The molecule has 0 bridgehead atoms. The van der Waals surface area contributed by atoms with E-state index in [1.807, 2.05) is 6.92 Å². The zero-order valence-corrected chi connectivity index (χ0v) is 6.12. The highest BCUT2D eigenvalue weighted by molar-refractivity contribution is 4.57. The second kappa shape index (κ2) is 5.57. The zero-order valence-electron chi connectivity index (χ0n) is 6.12. The molecule has 0 rings (SSSR count). The van der Waals surface area contributed by atoms with E-state index in [-0.39, 0.29) is 6.42 Å². The maximum absolute atomic E-state index is 12.1. The molecule has 0 aliphatic carbocycles. The highest BCUT2D eigenvalue weighted by Gasteiger charge is 2.17. The molecule has 0 nitrogen and oxygen atoms in total. The number of halogens is 3. The van der Waals surface area contributed by atoms with E-state index in [0.717, 1.165) is 12.8 Å². The van der Waals surface area contributed by atoms with Gasteiger partial charge in [-0.25, -0.2) is 13.2 Å². The summed E-state index contributed by atoms with van der Waals surface area (Å²) >= 11 is 0. The third-order valence-electron chi connectivity index (χ3n) is 1.36. The van der Waals surface area contributed by atoms with Gasteiger partial charge < -0.3 is 0 Å². The Morgan fingerprint density at radius 3 is 2.10 bits per heavy atom. The van der Waals surface area contributed by atoms with E-state index in [2.05, 4.69) is 0 Å². The molecule has 0 saturated carbocycles. The minimum atomic E-state index is -2.79. The summed E-state index contributed by atoms with van der Waals surface area (Å²) in [5.41, 5.74) is 0. The monoisotopic (exact) mass is 154 g/mol. The second-order valence-corrected chi connectivity index (χ2v) is 2.35. The van der Waals surface area contributed by atoms with Crippen LogP contribution in [0.3, 0.4) is 0 Å². The number of alkyl halides is 3. The molecule has 0 N–H and O–H groups in total. The molecule has 0 heterocycles. The average molecular weight is 154 g/mol. The van der Waals surface area contributed by atoms with Gasteiger partial charge in [-0.3, -0.25) is 0 Å². The molecular weight excluding hydrogens is 141 g/mol. The minimum Gasteiger partial charge on any atom is -0.241 e. The Morgan fingerprint density at radius 1 is 1.10 bits per heavy atom. The first kappa shape index (κ1) is 9.79. The van der Waals surface area contributed by atoms with E-state index in [4.69, 9.17) is 0 Å². The first-order chi connectivity index (χ1) is 4.68. The fraction of sp³-hybridized carbons (Fsp3) is 1.00. The fourth-order valence-electron chi connectivity index (χ4n) is 0.715. The summed E-state index contributed by atoms with van der Waals surface area (Å²) < 4.78 is 35.1. The Balaban J connectivity index is 3.13. The number of rotatable bonds is 5. The largest absolute Gasteiger partial charge is 0.269 e. The average Bonchev–Trinajstić information content (AvgIpc) is 1.88. The van der Waals surface area contributed by atoms with Crippen molar-refractivity contribution in [2.75, 3.05) is 0 Å². The lowest BCUT2D eigenvalue weighted by Crippen LogP contribution is -2.11. The van der Waals surface area contributed by atoms with Crippen LogP contribution in [0.5, 0.6) is 0 Å². The van der Waals surface area contributed by atoms with Crippen LogP contribution in [0.25, 0.3) is 0 Å². The molecule has 0 unspecified atom stereocenters. The van der Waals surface area contributed by atoms with E-state index in [9.17, 15) is 13.2 Å². The van der Waals surface area contributed by atoms with Crippen LogP contribution in [-0.2, 0) is 0 Å². The summed E-state index contributed by atoms with van der Waals surface area (Å²) in [6.07, 6.45) is -2.35. The van der Waals surface area contributed by atoms with Gasteiger partial charge in [-0.2, -0.15) is 0 Å². The summed E-state index contributed by atoms with van der Waals surface area (Å²) in [5, 5.41) is 0. The first-order valence-electron chi connectivity index (χ1n) is 3.60. The van der Waals surface area contributed by atoms with E-state index < -0.39 is 12.6 Å². The summed E-state index contributed by atoms with van der Waals surface area (Å²) in [4.78, 5) is 0. The quantitative estimate of drug-likeness (QED) is 0.533. The molecule has 10 heavy (non-hydrogen) atoms. The molecule has 62 valence electrons. The Kier molecular flexibility index (Phi) is 5.45. The van der Waals surface area contributed by atoms with Crippen molar-refractivity contribution in [1.82, 2.24) is 0 Å². The van der Waals surface area contributed by atoms with Gasteiger partial charge in [0, 0.05) is 0 Å². The van der Waals surface area contributed by atoms with Gasteiger partial charge in [0.1, 0.15) is 0 Å². The van der Waals surface area contributed by atoms with Gasteiger partial charge in [0.05, 0.1) is 0 Å². The van der Waals surface area contributed by atoms with Crippen LogP contribution in [0.1, 0.15) is 32.6 Å². The zero-order chi connectivity index (χ0) is 7.98. The Morgan fingerprint density at radius 2 is 1.70 bits per heavy atom. The Bertz CT molecular complexity index is 73.3. The molecule has 0 amide bonds. The summed E-state index contributed by atoms with van der Waals surface area (Å²) in [6, 6.07) is 0. The summed E-state index contributed by atoms with van der Waals surface area (Å²) in [5.74, 6) is 0. The van der Waals surface area contributed by atoms with Crippen LogP contribution >= 0.6 is 0 Å². The maximum Gasteiger partial charge on any atom is 0.269 e. The van der Waals surface area contributed by atoms with Gasteiger partial charge in [0.15, 0.2) is 6.17 Å². The fourth-order valence-corrected chi connectivity index (χ4v) is 0.715. The van der Waals surface area contributed by atoms with Crippen LogP contribution in [0.4, 0.5) is 13.2 Å². The molecule has 0 spiro atoms. The van der Waals surface area contributed by atoms with Crippen molar-refractivity contribution in [1.29, 1.82) is 0 Å². The van der Waals surface area contributed by atoms with E-state index in [1.165, 1.54) is 0 Å². The normalized spacial score (nSPS) is 14.1. The Hall–Kier alpha value is -0.210. The number of hydrogen-bond acceptors (Lipinski definition) is 0. The van der Waals surface area contributed by atoms with E-state index >= 15 is 0 Å². The van der Waals surface area contributed by atoms with Crippen LogP contribution in [-0.4, -0.2) is 12.6 Å². The van der Waals surface area contributed by atoms with Gasteiger partial charge in [0.2, 0.25) is 0 Å². The SMILES string of the molecule is CCCCC[C@H](F)C(F)F. The molecule has 3 heteroatoms. The van der Waals surface area contributed by atoms with Crippen LogP contribution < -0.4 is 0 Å². The smallest absolute Gasteiger partial charge is 0.241 e. The van der Waals surface area contributed by atoms with Gasteiger partial charge in [-0.05, 0) is 6.42 Å². The van der Waals surface area contributed by atoms with Crippen molar-refractivity contribution < 1.29 is 13.2 Å². The lowest BCUT2D eigenvalue weighted by atomic mass is 10.1. The van der Waals surface area contributed by atoms with Crippen molar-refractivity contribution in [2.24, 2.45) is 0 Å². The molecule has 0 aromatic carbocycles. The topological polar surface area (TPSA) is 0 Å². The van der Waals surface area contributed by atoms with Crippen molar-refractivity contribution in [3.63, 3.8) is 0 Å². The van der Waals surface area contributed by atoms with Gasteiger partial charge in [0.25, 0.3) is 6.43 Å². The molecule has 0 radical (unpaired) electrons. The van der Waals surface area contributed by atoms with Crippen molar-refractivity contribution in [2.45, 2.75) is 45.2 Å².